The average Bonchev–Trinajstić information content (AvgIpc) is 2.58. The summed E-state index contributed by atoms with van der Waals surface area (Å²) in [5.74, 6) is 0. The van der Waals surface area contributed by atoms with Crippen molar-refractivity contribution in [2.45, 2.75) is 19.9 Å². The van der Waals surface area contributed by atoms with Crippen molar-refractivity contribution < 1.29 is 0 Å². The maximum absolute atomic E-state index is 12.7. The molecule has 2 aromatic carbocycles. The molecule has 0 atom stereocenters. The summed E-state index contributed by atoms with van der Waals surface area (Å²) in [5.41, 5.74) is 2.55. The fourth-order valence-corrected chi connectivity index (χ4v) is 2.79. The molecule has 122 valence electrons. The number of hydrogen-bond acceptors (Lipinski definition) is 2. The van der Waals surface area contributed by atoms with Gasteiger partial charge in [-0.25, -0.2) is 4.79 Å². The van der Waals surface area contributed by atoms with Gasteiger partial charge in [-0.15, -0.1) is 0 Å². The van der Waals surface area contributed by atoms with Crippen LogP contribution in [0, 0.1) is 6.92 Å². The Labute approximate surface area is 144 Å². The number of nitrogens with one attached hydrogen (secondary N) is 1. The van der Waals surface area contributed by atoms with E-state index in [4.69, 9.17) is 11.6 Å². The minimum Gasteiger partial charge on any atom is -0.297 e. The van der Waals surface area contributed by atoms with Gasteiger partial charge in [0.1, 0.15) is 5.15 Å². The summed E-state index contributed by atoms with van der Waals surface area (Å²) in [4.78, 5) is 27.5. The molecule has 0 saturated carbocycles. The molecule has 4 nitrogen and oxygen atoms in total. The van der Waals surface area contributed by atoms with Crippen LogP contribution in [0.25, 0.3) is 0 Å². The Morgan fingerprint density at radius 2 is 1.62 bits per heavy atom. The Hall–Kier alpha value is -2.59. The van der Waals surface area contributed by atoms with Crippen LogP contribution >= 0.6 is 11.6 Å². The lowest BCUT2D eigenvalue weighted by atomic mass is 10.1. The third-order valence-electron chi connectivity index (χ3n) is 3.92. The fourth-order valence-electron chi connectivity index (χ4n) is 2.56. The monoisotopic (exact) mass is 340 g/mol. The number of aromatic nitrogens is 2. The van der Waals surface area contributed by atoms with Crippen molar-refractivity contribution in [2.24, 2.45) is 0 Å². The Morgan fingerprint density at radius 3 is 2.29 bits per heavy atom. The van der Waals surface area contributed by atoms with E-state index < -0.39 is 5.69 Å². The summed E-state index contributed by atoms with van der Waals surface area (Å²) >= 11 is 6.12. The summed E-state index contributed by atoms with van der Waals surface area (Å²) < 4.78 is 1.19. The average molecular weight is 341 g/mol. The topological polar surface area (TPSA) is 54.9 Å². The molecule has 0 saturated heterocycles. The molecular formula is C19H17ClN2O2. The van der Waals surface area contributed by atoms with Crippen LogP contribution in [0.3, 0.4) is 0 Å². The van der Waals surface area contributed by atoms with E-state index in [1.54, 1.807) is 0 Å². The third kappa shape index (κ3) is 3.49. The van der Waals surface area contributed by atoms with E-state index >= 15 is 0 Å². The van der Waals surface area contributed by atoms with E-state index in [1.165, 1.54) is 4.57 Å². The zero-order chi connectivity index (χ0) is 17.1. The van der Waals surface area contributed by atoms with E-state index in [0.29, 0.717) is 12.0 Å². The van der Waals surface area contributed by atoms with E-state index in [-0.39, 0.29) is 17.3 Å². The van der Waals surface area contributed by atoms with Gasteiger partial charge < -0.3 is 0 Å². The van der Waals surface area contributed by atoms with Crippen molar-refractivity contribution in [2.75, 3.05) is 0 Å². The normalized spacial score (nSPS) is 10.8. The van der Waals surface area contributed by atoms with Crippen molar-refractivity contribution in [3.05, 3.63) is 103 Å². The summed E-state index contributed by atoms with van der Waals surface area (Å²) in [7, 11) is 0. The minimum absolute atomic E-state index is 0.106. The summed E-state index contributed by atoms with van der Waals surface area (Å²) in [6.07, 6.45) is 0.378. The second-order valence-corrected chi connectivity index (χ2v) is 6.14. The number of nitrogens with zero attached hydrogens (tertiary/aromatic N) is 1. The molecule has 0 aliphatic heterocycles. The van der Waals surface area contributed by atoms with Gasteiger partial charge in [-0.1, -0.05) is 71.8 Å². The standard InChI is InChI=1S/C19H17ClN2O2/c1-13-7-9-14(10-8-13)11-16-17(20)21-19(24)22(18(16)23)12-15-5-3-2-4-6-15/h2-10H,11-12H2,1H3,(H,21,24). The Balaban J connectivity index is 2.01. The highest BCUT2D eigenvalue weighted by Gasteiger charge is 2.13. The van der Waals surface area contributed by atoms with Crippen LogP contribution < -0.4 is 11.2 Å². The maximum atomic E-state index is 12.7. The summed E-state index contributed by atoms with van der Waals surface area (Å²) in [5, 5.41) is 0.106. The van der Waals surface area contributed by atoms with Crippen LogP contribution in [0.15, 0.2) is 64.2 Å². The minimum atomic E-state index is -0.499. The molecule has 0 fully saturated rings. The Kier molecular flexibility index (Phi) is 4.67. The largest absolute Gasteiger partial charge is 0.329 e. The molecule has 0 unspecified atom stereocenters. The molecule has 5 heteroatoms. The summed E-state index contributed by atoms with van der Waals surface area (Å²) in [6.45, 7) is 2.22. The lowest BCUT2D eigenvalue weighted by molar-refractivity contribution is 0.688. The predicted molar refractivity (Wildman–Crippen MR) is 95.9 cm³/mol. The molecule has 0 aliphatic carbocycles. The molecule has 1 N–H and O–H groups in total. The zero-order valence-corrected chi connectivity index (χ0v) is 14.0. The number of halogens is 1. The van der Waals surface area contributed by atoms with Gasteiger partial charge in [-0.3, -0.25) is 14.3 Å². The van der Waals surface area contributed by atoms with Gasteiger partial charge >= 0.3 is 5.69 Å². The van der Waals surface area contributed by atoms with Crippen molar-refractivity contribution in [1.29, 1.82) is 0 Å². The quantitative estimate of drug-likeness (QED) is 0.742. The molecule has 0 radical (unpaired) electrons. The lowest BCUT2D eigenvalue weighted by Gasteiger charge is -2.09. The van der Waals surface area contributed by atoms with Crippen LogP contribution in [0.2, 0.25) is 5.15 Å². The van der Waals surface area contributed by atoms with E-state index in [1.807, 2.05) is 61.5 Å². The summed E-state index contributed by atoms with van der Waals surface area (Å²) in [6, 6.07) is 17.3. The number of benzene rings is 2. The second kappa shape index (κ2) is 6.89. The molecular weight excluding hydrogens is 324 g/mol. The molecule has 1 heterocycles. The van der Waals surface area contributed by atoms with Gasteiger partial charge in [0.25, 0.3) is 5.56 Å². The lowest BCUT2D eigenvalue weighted by Crippen LogP contribution is -2.37. The van der Waals surface area contributed by atoms with Gasteiger partial charge in [-0.2, -0.15) is 0 Å². The predicted octanol–water partition coefficient (Wildman–Crippen LogP) is 3.14. The number of rotatable bonds is 4. The number of aromatic amines is 1. The van der Waals surface area contributed by atoms with E-state index in [0.717, 1.165) is 16.7 Å². The van der Waals surface area contributed by atoms with Gasteiger partial charge in [-0.05, 0) is 18.1 Å². The molecule has 0 spiro atoms. The van der Waals surface area contributed by atoms with Crippen molar-refractivity contribution in [1.82, 2.24) is 9.55 Å². The first kappa shape index (κ1) is 16.3. The second-order valence-electron chi connectivity index (χ2n) is 5.76. The van der Waals surface area contributed by atoms with Crippen LogP contribution in [0.4, 0.5) is 0 Å². The molecule has 24 heavy (non-hydrogen) atoms. The highest BCUT2D eigenvalue weighted by Crippen LogP contribution is 2.13. The third-order valence-corrected chi connectivity index (χ3v) is 4.24. The first-order chi connectivity index (χ1) is 11.5. The Bertz CT molecular complexity index is 957. The number of hydrogen-bond donors (Lipinski definition) is 1. The van der Waals surface area contributed by atoms with E-state index in [2.05, 4.69) is 4.98 Å². The molecule has 0 amide bonds. The van der Waals surface area contributed by atoms with Crippen molar-refractivity contribution in [3.8, 4) is 0 Å². The van der Waals surface area contributed by atoms with E-state index in [9.17, 15) is 9.59 Å². The first-order valence-electron chi connectivity index (χ1n) is 7.65. The highest BCUT2D eigenvalue weighted by atomic mass is 35.5. The van der Waals surface area contributed by atoms with Crippen LogP contribution in [-0.4, -0.2) is 9.55 Å². The van der Waals surface area contributed by atoms with Crippen molar-refractivity contribution in [3.63, 3.8) is 0 Å². The highest BCUT2D eigenvalue weighted by molar-refractivity contribution is 6.30. The first-order valence-corrected chi connectivity index (χ1v) is 8.03. The van der Waals surface area contributed by atoms with Gasteiger partial charge in [0.05, 0.1) is 12.1 Å². The maximum Gasteiger partial charge on any atom is 0.329 e. The molecule has 3 aromatic rings. The fraction of sp³-hybridized carbons (Fsp3) is 0.158. The molecule has 3 rings (SSSR count). The van der Waals surface area contributed by atoms with Gasteiger partial charge in [0.2, 0.25) is 0 Å². The van der Waals surface area contributed by atoms with Crippen molar-refractivity contribution >= 4 is 11.6 Å². The van der Waals surface area contributed by atoms with Crippen LogP contribution in [0.1, 0.15) is 22.3 Å². The molecule has 0 aliphatic rings. The van der Waals surface area contributed by atoms with Gasteiger partial charge in [0, 0.05) is 6.42 Å². The molecule has 0 bridgehead atoms. The zero-order valence-electron chi connectivity index (χ0n) is 13.3. The number of aryl methyl sites for hydroxylation is 1. The molecule has 1 aromatic heterocycles. The van der Waals surface area contributed by atoms with Gasteiger partial charge in [0.15, 0.2) is 0 Å². The van der Waals surface area contributed by atoms with Crippen LogP contribution in [-0.2, 0) is 13.0 Å². The number of H-pyrrole nitrogens is 1. The SMILES string of the molecule is Cc1ccc(Cc2c(Cl)[nH]c(=O)n(Cc3ccccc3)c2=O)cc1. The smallest absolute Gasteiger partial charge is 0.297 e. The van der Waals surface area contributed by atoms with Crippen LogP contribution in [0.5, 0.6) is 0 Å². The Morgan fingerprint density at radius 1 is 0.958 bits per heavy atom.